The molecule has 0 unspecified atom stereocenters. The minimum Gasteiger partial charge on any atom is -0.510 e. The van der Waals surface area contributed by atoms with Crippen molar-refractivity contribution < 1.29 is 24.2 Å². The largest absolute Gasteiger partial charge is 0.510 e. The third kappa shape index (κ3) is 4.91. The lowest BCUT2D eigenvalue weighted by Gasteiger charge is -2.46. The molecule has 49 heavy (non-hydrogen) atoms. The van der Waals surface area contributed by atoms with Crippen LogP contribution < -0.4 is 5.32 Å². The molecule has 9 heteroatoms. The molecular formula is C40H46N4O5. The molecule has 0 aromatic carbocycles. The molecule has 1 fully saturated rings. The second-order valence-electron chi connectivity index (χ2n) is 14.5. The SMILES string of the molecule is C=CC1=C(C)C2=NC1=CC1=NC(=CC3=C(C)C4=C(O)[C@H](C(=O)OC)C(=C5NC(=C2)[C@@H](C)[C@@]5(CCC(=O)OC)C(C)(C)C)C4=N3)C(CC)=C1C. The molecule has 0 aromatic heterocycles. The number of fused-ring (bicyclic) bond motifs is 5. The maximum absolute atomic E-state index is 13.7. The van der Waals surface area contributed by atoms with Crippen molar-refractivity contribution in [2.24, 2.45) is 37.6 Å². The van der Waals surface area contributed by atoms with Gasteiger partial charge < -0.3 is 19.9 Å². The lowest BCUT2D eigenvalue weighted by molar-refractivity contribution is -0.144. The molecule has 0 spiro atoms. The van der Waals surface area contributed by atoms with Crippen LogP contribution in [-0.2, 0) is 19.1 Å². The fourth-order valence-electron chi connectivity index (χ4n) is 8.55. The van der Waals surface area contributed by atoms with Crippen molar-refractivity contribution in [2.75, 3.05) is 14.2 Å². The molecule has 6 aliphatic rings. The molecule has 0 aromatic rings. The van der Waals surface area contributed by atoms with Crippen molar-refractivity contribution >= 4 is 29.1 Å². The summed E-state index contributed by atoms with van der Waals surface area (Å²) in [6.45, 7) is 20.8. The van der Waals surface area contributed by atoms with E-state index in [9.17, 15) is 14.7 Å². The van der Waals surface area contributed by atoms with Crippen molar-refractivity contribution in [1.29, 1.82) is 0 Å². The Morgan fingerprint density at radius 1 is 1.00 bits per heavy atom. The molecule has 9 nitrogen and oxygen atoms in total. The number of carbonyl (C=O) groups is 2. The molecule has 0 amide bonds. The Balaban J connectivity index is 1.75. The maximum atomic E-state index is 13.7. The van der Waals surface area contributed by atoms with Crippen molar-refractivity contribution in [3.05, 3.63) is 104 Å². The smallest absolute Gasteiger partial charge is 0.321 e. The van der Waals surface area contributed by atoms with E-state index in [1.807, 2.05) is 32.1 Å². The van der Waals surface area contributed by atoms with Gasteiger partial charge in [-0.1, -0.05) is 47.3 Å². The van der Waals surface area contributed by atoms with E-state index >= 15 is 0 Å². The quantitative estimate of drug-likeness (QED) is 0.282. The van der Waals surface area contributed by atoms with Gasteiger partial charge in [0, 0.05) is 45.9 Å². The van der Waals surface area contributed by atoms with E-state index < -0.39 is 22.7 Å². The van der Waals surface area contributed by atoms with Gasteiger partial charge in [0.25, 0.3) is 0 Å². The first-order chi connectivity index (χ1) is 23.1. The molecule has 1 aliphatic carbocycles. The number of aliphatic hydroxyl groups is 1. The van der Waals surface area contributed by atoms with E-state index in [4.69, 9.17) is 24.5 Å². The molecule has 1 saturated heterocycles. The van der Waals surface area contributed by atoms with Crippen LogP contribution in [0.3, 0.4) is 0 Å². The number of hydrogen-bond acceptors (Lipinski definition) is 9. The minimum atomic E-state index is -1.10. The standard InChI is InChI=1S/C40H46N4O5/c1-12-23-19(3)25-16-28-22(6)40(39(7,8)9,15-14-31(45)48-10)37(44-28)33-34(38(47)49-11)36(46)32-21(5)27(43-35(32)33)18-30-24(13-2)20(4)26(42-30)17-29(23)41-25/h12,16-18,22,34,44,46H,1,13-15H2,2-11H3/t22-,34-,40-/m1/s1. The first-order valence-corrected chi connectivity index (χ1v) is 16.9. The third-order valence-corrected chi connectivity index (χ3v) is 11.3. The van der Waals surface area contributed by atoms with E-state index in [1.165, 1.54) is 14.2 Å². The molecule has 6 rings (SSSR count). The highest BCUT2D eigenvalue weighted by Gasteiger charge is 2.58. The van der Waals surface area contributed by atoms with Crippen molar-refractivity contribution in [1.82, 2.24) is 5.32 Å². The predicted molar refractivity (Wildman–Crippen MR) is 193 cm³/mol. The van der Waals surface area contributed by atoms with E-state index in [2.05, 4.69) is 59.5 Å². The highest BCUT2D eigenvalue weighted by molar-refractivity contribution is 6.24. The van der Waals surface area contributed by atoms with Gasteiger partial charge in [-0.2, -0.15) is 0 Å². The van der Waals surface area contributed by atoms with Gasteiger partial charge in [0.1, 0.15) is 11.7 Å². The average molecular weight is 663 g/mol. The van der Waals surface area contributed by atoms with Gasteiger partial charge in [-0.15, -0.1) is 0 Å². The van der Waals surface area contributed by atoms with Crippen LogP contribution in [0.25, 0.3) is 0 Å². The van der Waals surface area contributed by atoms with Crippen LogP contribution in [0.15, 0.2) is 119 Å². The van der Waals surface area contributed by atoms with E-state index in [-0.39, 0.29) is 24.1 Å². The fourth-order valence-corrected chi connectivity index (χ4v) is 8.55. The Morgan fingerprint density at radius 3 is 2.29 bits per heavy atom. The Hall–Kier alpha value is -4.79. The van der Waals surface area contributed by atoms with Crippen LogP contribution in [0.2, 0.25) is 0 Å². The average Bonchev–Trinajstić information content (AvgIpc) is 3.79. The fraction of sp³-hybridized carbons (Fsp3) is 0.425. The van der Waals surface area contributed by atoms with E-state index in [0.29, 0.717) is 29.0 Å². The van der Waals surface area contributed by atoms with Gasteiger partial charge in [-0.3, -0.25) is 9.59 Å². The van der Waals surface area contributed by atoms with Gasteiger partial charge in [0.2, 0.25) is 0 Å². The summed E-state index contributed by atoms with van der Waals surface area (Å²) in [7, 11) is 2.72. The van der Waals surface area contributed by atoms with Gasteiger partial charge in [-0.05, 0) is 79.5 Å². The first kappa shape index (κ1) is 34.1. The Labute approximate surface area is 288 Å². The highest BCUT2D eigenvalue weighted by atomic mass is 16.5. The van der Waals surface area contributed by atoms with Crippen LogP contribution >= 0.6 is 0 Å². The zero-order valence-electron chi connectivity index (χ0n) is 30.2. The van der Waals surface area contributed by atoms with Gasteiger partial charge >= 0.3 is 11.9 Å². The van der Waals surface area contributed by atoms with Gasteiger partial charge in [-0.25, -0.2) is 15.0 Å². The van der Waals surface area contributed by atoms with Crippen LogP contribution in [0, 0.1) is 22.7 Å². The Morgan fingerprint density at radius 2 is 1.67 bits per heavy atom. The summed E-state index contributed by atoms with van der Waals surface area (Å²) in [5.74, 6) is -2.29. The Bertz CT molecular complexity index is 1980. The zero-order chi connectivity index (χ0) is 35.7. The normalized spacial score (nSPS) is 26.1. The monoisotopic (exact) mass is 662 g/mol. The second-order valence-corrected chi connectivity index (χ2v) is 14.5. The summed E-state index contributed by atoms with van der Waals surface area (Å²) in [4.78, 5) is 41.8. The molecule has 2 N–H and O–H groups in total. The number of rotatable bonds is 6. The van der Waals surface area contributed by atoms with Crippen molar-refractivity contribution in [3.63, 3.8) is 0 Å². The lowest BCUT2D eigenvalue weighted by atomic mass is 9.56. The first-order valence-electron chi connectivity index (χ1n) is 16.9. The number of methoxy groups -OCH3 is 2. The van der Waals surface area contributed by atoms with Crippen LogP contribution in [0.1, 0.15) is 74.7 Å². The van der Waals surface area contributed by atoms with Crippen molar-refractivity contribution in [3.8, 4) is 0 Å². The number of hydrogen-bond donors (Lipinski definition) is 2. The summed E-state index contributed by atoms with van der Waals surface area (Å²) in [5, 5.41) is 15.7. The molecule has 0 saturated carbocycles. The molecule has 3 atom stereocenters. The number of carbonyl (C=O) groups excluding carboxylic acids is 2. The summed E-state index contributed by atoms with van der Waals surface area (Å²) >= 11 is 0. The summed E-state index contributed by atoms with van der Waals surface area (Å²) in [6.07, 6.45) is 9.23. The maximum Gasteiger partial charge on any atom is 0.321 e. The summed E-state index contributed by atoms with van der Waals surface area (Å²) in [6, 6.07) is 0. The van der Waals surface area contributed by atoms with Crippen LogP contribution in [0.4, 0.5) is 0 Å². The van der Waals surface area contributed by atoms with E-state index in [1.54, 1.807) is 0 Å². The molecule has 0 radical (unpaired) electrons. The summed E-state index contributed by atoms with van der Waals surface area (Å²) < 4.78 is 10.5. The molecular weight excluding hydrogens is 616 g/mol. The molecule has 8 bridgehead atoms. The highest BCUT2D eigenvalue weighted by Crippen LogP contribution is 2.61. The molecule has 5 aliphatic heterocycles. The third-order valence-electron chi connectivity index (χ3n) is 11.3. The number of aliphatic imine (C=N–C) groups is 3. The van der Waals surface area contributed by atoms with E-state index in [0.717, 1.165) is 68.5 Å². The number of aliphatic hydroxyl groups excluding tert-OH is 1. The number of allylic oxidation sites excluding steroid dienone is 11. The van der Waals surface area contributed by atoms with Gasteiger partial charge in [0.05, 0.1) is 48.4 Å². The number of nitrogens with zero attached hydrogens (tertiary/aromatic N) is 3. The topological polar surface area (TPSA) is 122 Å². The second kappa shape index (κ2) is 12.0. The van der Waals surface area contributed by atoms with Crippen molar-refractivity contribution in [2.45, 2.75) is 74.7 Å². The van der Waals surface area contributed by atoms with Crippen LogP contribution in [-0.4, -0.2) is 48.4 Å². The van der Waals surface area contributed by atoms with Crippen LogP contribution in [0.5, 0.6) is 0 Å². The molecule has 256 valence electrons. The number of ether oxygens (including phenoxy) is 2. The zero-order valence-corrected chi connectivity index (χ0v) is 30.2. The summed E-state index contributed by atoms with van der Waals surface area (Å²) in [5.41, 5.74) is 10.7. The number of esters is 2. The minimum absolute atomic E-state index is 0.0945. The number of nitrogens with one attached hydrogen (secondary N) is 1. The van der Waals surface area contributed by atoms with Gasteiger partial charge in [0.15, 0.2) is 0 Å². The lowest BCUT2D eigenvalue weighted by Crippen LogP contribution is -2.42. The molecule has 5 heterocycles. The predicted octanol–water partition coefficient (Wildman–Crippen LogP) is 7.61. The Kier molecular flexibility index (Phi) is 8.32.